The fraction of sp³-hybridized carbons (Fsp3) is 0.222. The van der Waals surface area contributed by atoms with Crippen LogP contribution in [0.5, 0.6) is 5.75 Å². The van der Waals surface area contributed by atoms with Crippen LogP contribution in [0.15, 0.2) is 12.1 Å². The smallest absolute Gasteiger partial charge is 0.284 e. The minimum absolute atomic E-state index is 0.00810. The minimum atomic E-state index is -0.606. The van der Waals surface area contributed by atoms with Gasteiger partial charge in [0.15, 0.2) is 11.5 Å². The van der Waals surface area contributed by atoms with Gasteiger partial charge in [-0.15, -0.1) is 0 Å². The molecule has 0 saturated carbocycles. The van der Waals surface area contributed by atoms with Crippen LogP contribution in [0.1, 0.15) is 16.8 Å². The molecule has 0 radical (unpaired) electrons. The van der Waals surface area contributed by atoms with E-state index in [9.17, 15) is 14.9 Å². The van der Waals surface area contributed by atoms with E-state index in [2.05, 4.69) is 0 Å². The number of benzene rings is 1. The van der Waals surface area contributed by atoms with Gasteiger partial charge in [-0.2, -0.15) is 0 Å². The third kappa shape index (κ3) is 1.39. The molecule has 2 rings (SSSR count). The van der Waals surface area contributed by atoms with E-state index in [0.717, 1.165) is 0 Å². The van der Waals surface area contributed by atoms with Gasteiger partial charge in [0.05, 0.1) is 17.2 Å². The monoisotopic (exact) mass is 208 g/mol. The number of rotatable bonds is 1. The highest BCUT2D eigenvalue weighted by Gasteiger charge is 2.29. The molecular formula is C9H8N2O4. The first kappa shape index (κ1) is 9.45. The van der Waals surface area contributed by atoms with E-state index < -0.39 is 4.92 Å². The molecule has 0 amide bonds. The Morgan fingerprint density at radius 1 is 1.47 bits per heavy atom. The van der Waals surface area contributed by atoms with Crippen LogP contribution in [0.2, 0.25) is 0 Å². The Morgan fingerprint density at radius 2 is 2.20 bits per heavy atom. The Balaban J connectivity index is 2.70. The van der Waals surface area contributed by atoms with Gasteiger partial charge in [0.2, 0.25) is 0 Å². The molecule has 1 aliphatic heterocycles. The molecule has 1 aromatic carbocycles. The number of nitrogen functional groups attached to an aromatic ring is 1. The highest BCUT2D eigenvalue weighted by atomic mass is 16.6. The second-order valence-electron chi connectivity index (χ2n) is 3.16. The average Bonchev–Trinajstić information content (AvgIpc) is 2.19. The maximum Gasteiger partial charge on any atom is 0.284 e. The standard InChI is InChI=1S/C9H8N2O4/c10-5-1-2-6(11(13)14)8-7(12)3-4-15-9(5)8/h1-2H,3-4,10H2. The first-order valence-corrected chi connectivity index (χ1v) is 4.34. The summed E-state index contributed by atoms with van der Waals surface area (Å²) >= 11 is 0. The van der Waals surface area contributed by atoms with Gasteiger partial charge in [-0.25, -0.2) is 0 Å². The zero-order chi connectivity index (χ0) is 11.0. The fourth-order valence-electron chi connectivity index (χ4n) is 1.54. The quantitative estimate of drug-likeness (QED) is 0.424. The first-order chi connectivity index (χ1) is 7.11. The first-order valence-electron chi connectivity index (χ1n) is 4.34. The highest BCUT2D eigenvalue weighted by molar-refractivity contribution is 6.04. The number of carbonyl (C=O) groups is 1. The Labute approximate surface area is 84.8 Å². The zero-order valence-corrected chi connectivity index (χ0v) is 7.73. The van der Waals surface area contributed by atoms with Gasteiger partial charge in [-0.05, 0) is 6.07 Å². The van der Waals surface area contributed by atoms with Crippen LogP contribution in [0, 0.1) is 10.1 Å². The molecule has 6 heteroatoms. The summed E-state index contributed by atoms with van der Waals surface area (Å²) < 4.78 is 5.17. The van der Waals surface area contributed by atoms with E-state index >= 15 is 0 Å². The molecule has 1 aliphatic rings. The van der Waals surface area contributed by atoms with Gasteiger partial charge in [-0.1, -0.05) is 0 Å². The van der Waals surface area contributed by atoms with Crippen molar-refractivity contribution in [1.29, 1.82) is 0 Å². The van der Waals surface area contributed by atoms with E-state index in [-0.39, 0.29) is 41.5 Å². The van der Waals surface area contributed by atoms with Crippen molar-refractivity contribution in [2.45, 2.75) is 6.42 Å². The van der Waals surface area contributed by atoms with Crippen molar-refractivity contribution in [3.05, 3.63) is 27.8 Å². The summed E-state index contributed by atoms with van der Waals surface area (Å²) in [6, 6.07) is 2.59. The molecule has 1 aromatic rings. The highest BCUT2D eigenvalue weighted by Crippen LogP contribution is 2.37. The number of nitrogens with zero attached hydrogens (tertiary/aromatic N) is 1. The Morgan fingerprint density at radius 3 is 2.87 bits per heavy atom. The Kier molecular flexibility index (Phi) is 2.03. The van der Waals surface area contributed by atoms with Gasteiger partial charge < -0.3 is 10.5 Å². The van der Waals surface area contributed by atoms with Crippen molar-refractivity contribution in [3.63, 3.8) is 0 Å². The van der Waals surface area contributed by atoms with Crippen molar-refractivity contribution in [3.8, 4) is 5.75 Å². The van der Waals surface area contributed by atoms with Gasteiger partial charge in [0.1, 0.15) is 5.56 Å². The number of hydrogen-bond donors (Lipinski definition) is 1. The summed E-state index contributed by atoms with van der Waals surface area (Å²) in [6.45, 7) is 0.219. The molecule has 0 bridgehead atoms. The van der Waals surface area contributed by atoms with Crippen LogP contribution >= 0.6 is 0 Å². The maximum atomic E-state index is 11.5. The van der Waals surface area contributed by atoms with Gasteiger partial charge in [0, 0.05) is 12.5 Å². The predicted molar refractivity (Wildman–Crippen MR) is 52.0 cm³/mol. The second kappa shape index (κ2) is 3.23. The number of ether oxygens (including phenoxy) is 1. The SMILES string of the molecule is Nc1ccc([N+](=O)[O-])c2c1OCCC2=O. The molecule has 0 atom stereocenters. The van der Waals surface area contributed by atoms with E-state index in [1.54, 1.807) is 0 Å². The summed E-state index contributed by atoms with van der Waals surface area (Å²) in [7, 11) is 0. The summed E-state index contributed by atoms with van der Waals surface area (Å²) in [4.78, 5) is 21.6. The number of hydrogen-bond acceptors (Lipinski definition) is 5. The van der Waals surface area contributed by atoms with Crippen molar-refractivity contribution >= 4 is 17.2 Å². The van der Waals surface area contributed by atoms with Crippen molar-refractivity contribution in [1.82, 2.24) is 0 Å². The van der Waals surface area contributed by atoms with Crippen LogP contribution < -0.4 is 10.5 Å². The molecule has 78 valence electrons. The molecule has 0 aliphatic carbocycles. The number of Topliss-reactive ketones (excluding diaryl/α,β-unsaturated/α-hetero) is 1. The van der Waals surface area contributed by atoms with Crippen LogP contribution in [0.4, 0.5) is 11.4 Å². The van der Waals surface area contributed by atoms with Gasteiger partial charge in [-0.3, -0.25) is 14.9 Å². The third-order valence-corrected chi connectivity index (χ3v) is 2.22. The molecular weight excluding hydrogens is 200 g/mol. The number of nitro benzene ring substituents is 1. The summed E-state index contributed by atoms with van der Waals surface area (Å²) in [5, 5.41) is 10.7. The number of carbonyl (C=O) groups excluding carboxylic acids is 1. The molecule has 15 heavy (non-hydrogen) atoms. The molecule has 6 nitrogen and oxygen atoms in total. The fourth-order valence-corrected chi connectivity index (χ4v) is 1.54. The molecule has 0 spiro atoms. The van der Waals surface area contributed by atoms with Crippen LogP contribution in [-0.2, 0) is 0 Å². The Hall–Kier alpha value is -2.11. The largest absolute Gasteiger partial charge is 0.490 e. The van der Waals surface area contributed by atoms with Crippen molar-refractivity contribution in [2.24, 2.45) is 0 Å². The minimum Gasteiger partial charge on any atom is -0.490 e. The molecule has 0 fully saturated rings. The van der Waals surface area contributed by atoms with E-state index in [1.807, 2.05) is 0 Å². The number of ketones is 1. The van der Waals surface area contributed by atoms with Gasteiger partial charge >= 0.3 is 0 Å². The number of anilines is 1. The maximum absolute atomic E-state index is 11.5. The lowest BCUT2D eigenvalue weighted by atomic mass is 10.0. The topological polar surface area (TPSA) is 95.5 Å². The van der Waals surface area contributed by atoms with Gasteiger partial charge in [0.25, 0.3) is 5.69 Å². The average molecular weight is 208 g/mol. The molecule has 2 N–H and O–H groups in total. The van der Waals surface area contributed by atoms with E-state index in [0.29, 0.717) is 0 Å². The zero-order valence-electron chi connectivity index (χ0n) is 7.73. The lowest BCUT2D eigenvalue weighted by Gasteiger charge is -2.17. The number of fused-ring (bicyclic) bond motifs is 1. The third-order valence-electron chi connectivity index (χ3n) is 2.22. The van der Waals surface area contributed by atoms with Crippen molar-refractivity contribution < 1.29 is 14.5 Å². The summed E-state index contributed by atoms with van der Waals surface area (Å²) in [5.74, 6) is -0.157. The number of nitro groups is 1. The van der Waals surface area contributed by atoms with Crippen LogP contribution in [0.25, 0.3) is 0 Å². The molecule has 0 saturated heterocycles. The normalized spacial score (nSPS) is 14.3. The van der Waals surface area contributed by atoms with E-state index in [4.69, 9.17) is 10.5 Å². The lowest BCUT2D eigenvalue weighted by molar-refractivity contribution is -0.385. The summed E-state index contributed by atoms with van der Waals surface area (Å²) in [5.41, 5.74) is 5.57. The van der Waals surface area contributed by atoms with Crippen LogP contribution in [0.3, 0.4) is 0 Å². The Bertz CT molecular complexity index is 456. The molecule has 0 aromatic heterocycles. The number of nitrogens with two attached hydrogens (primary N) is 1. The predicted octanol–water partition coefficient (Wildman–Crippen LogP) is 1.14. The molecule has 1 heterocycles. The molecule has 0 unspecified atom stereocenters. The van der Waals surface area contributed by atoms with E-state index in [1.165, 1.54) is 12.1 Å². The second-order valence-corrected chi connectivity index (χ2v) is 3.16. The van der Waals surface area contributed by atoms with Crippen LogP contribution in [-0.4, -0.2) is 17.3 Å². The summed E-state index contributed by atoms with van der Waals surface area (Å²) in [6.07, 6.45) is 0.150. The van der Waals surface area contributed by atoms with Crippen molar-refractivity contribution in [2.75, 3.05) is 12.3 Å². The lowest BCUT2D eigenvalue weighted by Crippen LogP contribution is -2.18.